The molecule has 0 atom stereocenters. The monoisotopic (exact) mass is 477 g/mol. The Hall–Kier alpha value is -3.19. The van der Waals surface area contributed by atoms with Crippen molar-refractivity contribution in [2.45, 2.75) is 31.3 Å². The summed E-state index contributed by atoms with van der Waals surface area (Å²) >= 11 is 0. The minimum absolute atomic E-state index is 0.00697. The Bertz CT molecular complexity index is 1200. The first-order chi connectivity index (χ1) is 15.3. The highest BCUT2D eigenvalue weighted by atomic mass is 32.2. The zero-order chi connectivity index (χ0) is 24.6. The average Bonchev–Trinajstić information content (AvgIpc) is 2.71. The van der Waals surface area contributed by atoms with Crippen molar-refractivity contribution >= 4 is 21.4 Å². The topological polar surface area (TPSA) is 90.7 Å². The van der Waals surface area contributed by atoms with E-state index in [1.165, 1.54) is 28.0 Å². The summed E-state index contributed by atoms with van der Waals surface area (Å²) in [4.78, 5) is 16.3. The number of hydrogen-bond acceptors (Lipinski definition) is 6. The van der Waals surface area contributed by atoms with E-state index in [0.717, 1.165) is 18.4 Å². The van der Waals surface area contributed by atoms with Gasteiger partial charge in [0.2, 0.25) is 0 Å². The van der Waals surface area contributed by atoms with Gasteiger partial charge in [0.1, 0.15) is 17.0 Å². The molecule has 2 aromatic rings. The summed E-state index contributed by atoms with van der Waals surface area (Å²) in [5, 5.41) is 8.87. The standard InChI is InChI=1S/C23H25F2N3O4S/c1-23(2,3)32-20-6-5-16(33(4,30)31)13-17(20)22(29)28-9-7-27(8-10-28)21-18(24)11-15(14-26)12-19(21)25/h5-6,11-13H,7-10H2,1-4H3. The second-order valence-electron chi connectivity index (χ2n) is 8.82. The summed E-state index contributed by atoms with van der Waals surface area (Å²) in [6.07, 6.45) is 1.06. The van der Waals surface area contributed by atoms with Crippen LogP contribution in [0.5, 0.6) is 5.75 Å². The molecule has 0 saturated carbocycles. The quantitative estimate of drug-likeness (QED) is 0.671. The van der Waals surface area contributed by atoms with Gasteiger partial charge in [-0.05, 0) is 51.1 Å². The van der Waals surface area contributed by atoms with Gasteiger partial charge in [0, 0.05) is 32.4 Å². The van der Waals surface area contributed by atoms with E-state index in [4.69, 9.17) is 10.00 Å². The number of amides is 1. The molecule has 1 heterocycles. The second kappa shape index (κ2) is 8.98. The number of piperazine rings is 1. The number of nitriles is 1. The zero-order valence-electron chi connectivity index (χ0n) is 18.9. The predicted octanol–water partition coefficient (Wildman–Crippen LogP) is 3.38. The summed E-state index contributed by atoms with van der Waals surface area (Å²) in [6.45, 7) is 6.08. The molecule has 33 heavy (non-hydrogen) atoms. The number of benzene rings is 2. The van der Waals surface area contributed by atoms with E-state index in [-0.39, 0.29) is 53.6 Å². The molecule has 0 N–H and O–H groups in total. The Morgan fingerprint density at radius 3 is 2.12 bits per heavy atom. The molecule has 1 aliphatic heterocycles. The predicted molar refractivity (Wildman–Crippen MR) is 119 cm³/mol. The first kappa shape index (κ1) is 24.5. The summed E-state index contributed by atoms with van der Waals surface area (Å²) in [6, 6.07) is 7.81. The van der Waals surface area contributed by atoms with Crippen LogP contribution in [0.4, 0.5) is 14.5 Å². The van der Waals surface area contributed by atoms with E-state index in [0.29, 0.717) is 0 Å². The first-order valence-electron chi connectivity index (χ1n) is 10.3. The Balaban J connectivity index is 1.85. The fourth-order valence-electron chi connectivity index (χ4n) is 3.56. The number of carbonyl (C=O) groups excluding carboxylic acids is 1. The van der Waals surface area contributed by atoms with Crippen molar-refractivity contribution in [3.63, 3.8) is 0 Å². The fraction of sp³-hybridized carbons (Fsp3) is 0.391. The van der Waals surface area contributed by atoms with Gasteiger partial charge in [-0.3, -0.25) is 4.79 Å². The van der Waals surface area contributed by atoms with E-state index in [1.54, 1.807) is 6.07 Å². The molecule has 0 aromatic heterocycles. The lowest BCUT2D eigenvalue weighted by Gasteiger charge is -2.36. The molecule has 0 bridgehead atoms. The second-order valence-corrected chi connectivity index (χ2v) is 10.8. The Kier molecular flexibility index (Phi) is 6.65. The van der Waals surface area contributed by atoms with Crippen LogP contribution in [-0.4, -0.2) is 57.3 Å². The molecule has 7 nitrogen and oxygen atoms in total. The van der Waals surface area contributed by atoms with Crippen molar-refractivity contribution in [1.82, 2.24) is 4.90 Å². The maximum absolute atomic E-state index is 14.4. The van der Waals surface area contributed by atoms with Gasteiger partial charge in [0.05, 0.1) is 22.1 Å². The van der Waals surface area contributed by atoms with E-state index in [1.807, 2.05) is 20.8 Å². The van der Waals surface area contributed by atoms with Crippen molar-refractivity contribution in [2.24, 2.45) is 0 Å². The number of ether oxygens (including phenoxy) is 1. The molecule has 0 spiro atoms. The van der Waals surface area contributed by atoms with Crippen molar-refractivity contribution in [1.29, 1.82) is 5.26 Å². The van der Waals surface area contributed by atoms with Crippen molar-refractivity contribution in [3.05, 3.63) is 53.1 Å². The molecule has 1 aliphatic rings. The molecule has 0 radical (unpaired) electrons. The fourth-order valence-corrected chi connectivity index (χ4v) is 4.21. The average molecular weight is 478 g/mol. The summed E-state index contributed by atoms with van der Waals surface area (Å²) in [5.41, 5.74) is -0.862. The lowest BCUT2D eigenvalue weighted by Crippen LogP contribution is -2.49. The third-order valence-electron chi connectivity index (χ3n) is 5.05. The minimum atomic E-state index is -3.55. The van der Waals surface area contributed by atoms with Crippen LogP contribution in [0, 0.1) is 23.0 Å². The van der Waals surface area contributed by atoms with E-state index >= 15 is 0 Å². The third-order valence-corrected chi connectivity index (χ3v) is 6.17. The molecule has 1 amide bonds. The highest BCUT2D eigenvalue weighted by molar-refractivity contribution is 7.90. The molecule has 10 heteroatoms. The van der Waals surface area contributed by atoms with Gasteiger partial charge < -0.3 is 14.5 Å². The van der Waals surface area contributed by atoms with Crippen LogP contribution in [0.2, 0.25) is 0 Å². The maximum atomic E-state index is 14.4. The number of carbonyl (C=O) groups is 1. The smallest absolute Gasteiger partial charge is 0.257 e. The van der Waals surface area contributed by atoms with Gasteiger partial charge in [0.15, 0.2) is 21.5 Å². The summed E-state index contributed by atoms with van der Waals surface area (Å²) < 4.78 is 58.7. The van der Waals surface area contributed by atoms with Gasteiger partial charge in [0.25, 0.3) is 5.91 Å². The van der Waals surface area contributed by atoms with Gasteiger partial charge in [-0.2, -0.15) is 5.26 Å². The van der Waals surface area contributed by atoms with Crippen LogP contribution in [0.3, 0.4) is 0 Å². The van der Waals surface area contributed by atoms with Gasteiger partial charge in [-0.15, -0.1) is 0 Å². The van der Waals surface area contributed by atoms with E-state index < -0.39 is 33.0 Å². The lowest BCUT2D eigenvalue weighted by atomic mass is 10.1. The molecular weight excluding hydrogens is 452 g/mol. The zero-order valence-corrected chi connectivity index (χ0v) is 19.7. The molecule has 0 aliphatic carbocycles. The number of rotatable bonds is 4. The minimum Gasteiger partial charge on any atom is -0.487 e. The number of nitrogens with zero attached hydrogens (tertiary/aromatic N) is 3. The first-order valence-corrected chi connectivity index (χ1v) is 12.2. The van der Waals surface area contributed by atoms with Gasteiger partial charge >= 0.3 is 0 Å². The number of anilines is 1. The molecule has 1 fully saturated rings. The number of hydrogen-bond donors (Lipinski definition) is 0. The largest absolute Gasteiger partial charge is 0.487 e. The molecule has 0 unspecified atom stereocenters. The van der Waals surface area contributed by atoms with E-state index in [9.17, 15) is 22.0 Å². The van der Waals surface area contributed by atoms with Crippen LogP contribution in [0.15, 0.2) is 35.2 Å². The number of halogens is 2. The molecule has 176 valence electrons. The van der Waals surface area contributed by atoms with Gasteiger partial charge in [-0.1, -0.05) is 0 Å². The summed E-state index contributed by atoms with van der Waals surface area (Å²) in [5.74, 6) is -1.85. The molecule has 1 saturated heterocycles. The van der Waals surface area contributed by atoms with Gasteiger partial charge in [-0.25, -0.2) is 17.2 Å². The van der Waals surface area contributed by atoms with Crippen molar-refractivity contribution in [3.8, 4) is 11.8 Å². The Labute approximate surface area is 192 Å². The van der Waals surface area contributed by atoms with Crippen LogP contribution in [-0.2, 0) is 9.84 Å². The van der Waals surface area contributed by atoms with Crippen LogP contribution < -0.4 is 9.64 Å². The molecule has 2 aromatic carbocycles. The van der Waals surface area contributed by atoms with Crippen LogP contribution in [0.25, 0.3) is 0 Å². The highest BCUT2D eigenvalue weighted by Crippen LogP contribution is 2.29. The molecular formula is C23H25F2N3O4S. The Morgan fingerprint density at radius 2 is 1.64 bits per heavy atom. The van der Waals surface area contributed by atoms with E-state index in [2.05, 4.69) is 0 Å². The van der Waals surface area contributed by atoms with Crippen LogP contribution in [0.1, 0.15) is 36.7 Å². The third kappa shape index (κ3) is 5.60. The highest BCUT2D eigenvalue weighted by Gasteiger charge is 2.29. The number of sulfone groups is 1. The normalized spacial score (nSPS) is 14.7. The SMILES string of the molecule is CC(C)(C)Oc1ccc(S(C)(=O)=O)cc1C(=O)N1CCN(c2c(F)cc(C#N)cc2F)CC1. The Morgan fingerprint density at radius 1 is 1.06 bits per heavy atom. The lowest BCUT2D eigenvalue weighted by molar-refractivity contribution is 0.0730. The van der Waals surface area contributed by atoms with Crippen molar-refractivity contribution < 1.29 is 26.7 Å². The maximum Gasteiger partial charge on any atom is 0.257 e. The van der Waals surface area contributed by atoms with Crippen molar-refractivity contribution in [2.75, 3.05) is 37.3 Å². The van der Waals surface area contributed by atoms with Crippen LogP contribution >= 0.6 is 0 Å². The molecule has 3 rings (SSSR count). The summed E-state index contributed by atoms with van der Waals surface area (Å²) in [7, 11) is -3.55.